The van der Waals surface area contributed by atoms with E-state index in [1.807, 2.05) is 42.7 Å². The highest BCUT2D eigenvalue weighted by molar-refractivity contribution is 5.79. The van der Waals surface area contributed by atoms with Gasteiger partial charge in [0, 0.05) is 49.6 Å². The number of aromatic nitrogens is 2. The largest absolute Gasteiger partial charge is 0.461 e. The maximum absolute atomic E-state index is 12.2. The summed E-state index contributed by atoms with van der Waals surface area (Å²) in [5, 5.41) is 4.21. The van der Waals surface area contributed by atoms with Gasteiger partial charge in [0.2, 0.25) is 5.91 Å². The topological polar surface area (TPSA) is 60.1 Å². The molecular weight excluding hydrogens is 290 g/mol. The van der Waals surface area contributed by atoms with E-state index in [0.29, 0.717) is 12.8 Å². The number of hydrogen-bond acceptors (Lipinski definition) is 3. The first-order valence-electron chi connectivity index (χ1n) is 8.05. The molecule has 1 aliphatic rings. The molecule has 118 valence electrons. The molecule has 0 aliphatic carbocycles. The summed E-state index contributed by atoms with van der Waals surface area (Å²) in [5.74, 6) is 2.05. The van der Waals surface area contributed by atoms with Crippen LogP contribution < -0.4 is 5.32 Å². The molecule has 5 nitrogen and oxygen atoms in total. The fourth-order valence-electron chi connectivity index (χ4n) is 3.18. The number of aryl methyl sites for hydroxylation is 2. The van der Waals surface area contributed by atoms with E-state index in [-0.39, 0.29) is 11.9 Å². The van der Waals surface area contributed by atoms with Crippen molar-refractivity contribution >= 4 is 16.9 Å². The predicted molar refractivity (Wildman–Crippen MR) is 87.0 cm³/mol. The average molecular weight is 309 g/mol. The zero-order valence-corrected chi connectivity index (χ0v) is 12.9. The molecule has 5 heteroatoms. The maximum Gasteiger partial charge on any atom is 0.220 e. The van der Waals surface area contributed by atoms with Gasteiger partial charge >= 0.3 is 0 Å². The smallest absolute Gasteiger partial charge is 0.220 e. The van der Waals surface area contributed by atoms with E-state index in [2.05, 4.69) is 14.9 Å². The van der Waals surface area contributed by atoms with Crippen molar-refractivity contribution < 1.29 is 9.21 Å². The Balaban J connectivity index is 1.32. The molecule has 1 N–H and O–H groups in total. The molecule has 0 spiro atoms. The molecule has 3 aromatic rings. The number of imidazole rings is 1. The number of fused-ring (bicyclic) bond motifs is 2. The molecule has 1 aromatic carbocycles. The highest BCUT2D eigenvalue weighted by Gasteiger charge is 2.20. The summed E-state index contributed by atoms with van der Waals surface area (Å²) in [6, 6.07) is 10.1. The van der Waals surface area contributed by atoms with Crippen LogP contribution in [0, 0.1) is 0 Å². The number of carbonyl (C=O) groups is 1. The Morgan fingerprint density at radius 3 is 3.22 bits per heavy atom. The Kier molecular flexibility index (Phi) is 3.61. The minimum Gasteiger partial charge on any atom is -0.461 e. The van der Waals surface area contributed by atoms with Crippen molar-refractivity contribution in [3.05, 3.63) is 54.3 Å². The standard InChI is InChI=1S/C18H19N3O2/c22-18(20-14-5-7-17-19-9-10-21(17)12-14)8-6-15-11-13-3-1-2-4-16(13)23-15/h1-4,9-11,14H,5-8,12H2,(H,20,22)/t14-/m1/s1. The number of rotatable bonds is 4. The van der Waals surface area contributed by atoms with Crippen LogP contribution >= 0.6 is 0 Å². The van der Waals surface area contributed by atoms with E-state index in [1.165, 1.54) is 0 Å². The molecule has 0 radical (unpaired) electrons. The van der Waals surface area contributed by atoms with Crippen LogP contribution in [0.25, 0.3) is 11.0 Å². The van der Waals surface area contributed by atoms with E-state index < -0.39 is 0 Å². The molecule has 1 amide bonds. The van der Waals surface area contributed by atoms with Crippen molar-refractivity contribution in [1.29, 1.82) is 0 Å². The van der Waals surface area contributed by atoms with Crippen molar-refractivity contribution in [3.63, 3.8) is 0 Å². The van der Waals surface area contributed by atoms with Gasteiger partial charge in [0.05, 0.1) is 0 Å². The molecule has 1 atom stereocenters. The van der Waals surface area contributed by atoms with Crippen LogP contribution in [0.1, 0.15) is 24.4 Å². The van der Waals surface area contributed by atoms with Crippen LogP contribution in [0.2, 0.25) is 0 Å². The molecule has 0 fully saturated rings. The molecule has 0 bridgehead atoms. The van der Waals surface area contributed by atoms with Gasteiger partial charge in [0.25, 0.3) is 0 Å². The van der Waals surface area contributed by atoms with Gasteiger partial charge in [-0.3, -0.25) is 4.79 Å². The summed E-state index contributed by atoms with van der Waals surface area (Å²) >= 11 is 0. The number of hydrogen-bond donors (Lipinski definition) is 1. The Labute approximate surface area is 134 Å². The second-order valence-corrected chi connectivity index (χ2v) is 6.05. The van der Waals surface area contributed by atoms with Crippen LogP contribution in [0.3, 0.4) is 0 Å². The number of para-hydroxylation sites is 1. The summed E-state index contributed by atoms with van der Waals surface area (Å²) in [6.07, 6.45) is 6.74. The zero-order chi connectivity index (χ0) is 15.6. The van der Waals surface area contributed by atoms with Crippen molar-refractivity contribution in [1.82, 2.24) is 14.9 Å². The van der Waals surface area contributed by atoms with Gasteiger partial charge in [0.1, 0.15) is 17.2 Å². The maximum atomic E-state index is 12.2. The monoisotopic (exact) mass is 309 g/mol. The van der Waals surface area contributed by atoms with Gasteiger partial charge < -0.3 is 14.3 Å². The lowest BCUT2D eigenvalue weighted by atomic mass is 10.1. The predicted octanol–water partition coefficient (Wildman–Crippen LogP) is 2.69. The lowest BCUT2D eigenvalue weighted by Crippen LogP contribution is -2.40. The van der Waals surface area contributed by atoms with Gasteiger partial charge in [0.15, 0.2) is 0 Å². The van der Waals surface area contributed by atoms with E-state index >= 15 is 0 Å². The minimum absolute atomic E-state index is 0.0824. The number of nitrogens with zero attached hydrogens (tertiary/aromatic N) is 2. The summed E-state index contributed by atoms with van der Waals surface area (Å²) < 4.78 is 7.87. The third kappa shape index (κ3) is 2.99. The number of amides is 1. The van der Waals surface area contributed by atoms with Gasteiger partial charge in [-0.25, -0.2) is 4.98 Å². The molecule has 3 heterocycles. The van der Waals surface area contributed by atoms with Crippen LogP contribution in [-0.4, -0.2) is 21.5 Å². The normalized spacial score (nSPS) is 17.1. The lowest BCUT2D eigenvalue weighted by Gasteiger charge is -2.24. The second kappa shape index (κ2) is 5.91. The van der Waals surface area contributed by atoms with Crippen molar-refractivity contribution in [3.8, 4) is 0 Å². The van der Waals surface area contributed by atoms with E-state index in [4.69, 9.17) is 4.42 Å². The number of furan rings is 1. The SMILES string of the molecule is O=C(CCc1cc2ccccc2o1)N[C@@H]1CCc2nccn2C1. The minimum atomic E-state index is 0.0824. The summed E-state index contributed by atoms with van der Waals surface area (Å²) in [4.78, 5) is 16.5. The number of benzene rings is 1. The van der Waals surface area contributed by atoms with Crippen molar-refractivity contribution in [2.75, 3.05) is 0 Å². The van der Waals surface area contributed by atoms with E-state index in [1.54, 1.807) is 0 Å². The van der Waals surface area contributed by atoms with Crippen LogP contribution in [0.4, 0.5) is 0 Å². The Hall–Kier alpha value is -2.56. The second-order valence-electron chi connectivity index (χ2n) is 6.05. The van der Waals surface area contributed by atoms with Gasteiger partial charge in [-0.2, -0.15) is 0 Å². The molecule has 4 rings (SSSR count). The first-order valence-corrected chi connectivity index (χ1v) is 8.05. The van der Waals surface area contributed by atoms with E-state index in [0.717, 1.165) is 41.9 Å². The van der Waals surface area contributed by atoms with Gasteiger partial charge in [-0.05, 0) is 18.6 Å². The highest BCUT2D eigenvalue weighted by atomic mass is 16.3. The summed E-state index contributed by atoms with van der Waals surface area (Å²) in [6.45, 7) is 0.811. The third-order valence-electron chi connectivity index (χ3n) is 4.38. The highest BCUT2D eigenvalue weighted by Crippen LogP contribution is 2.20. The molecule has 0 saturated heterocycles. The molecule has 1 aliphatic heterocycles. The fourth-order valence-corrected chi connectivity index (χ4v) is 3.18. The average Bonchev–Trinajstić information content (AvgIpc) is 3.18. The number of nitrogens with one attached hydrogen (secondary N) is 1. The number of carbonyl (C=O) groups excluding carboxylic acids is 1. The lowest BCUT2D eigenvalue weighted by molar-refractivity contribution is -0.122. The fraction of sp³-hybridized carbons (Fsp3) is 0.333. The van der Waals surface area contributed by atoms with Gasteiger partial charge in [-0.15, -0.1) is 0 Å². The Bertz CT molecular complexity index is 801. The van der Waals surface area contributed by atoms with Crippen molar-refractivity contribution in [2.24, 2.45) is 0 Å². The van der Waals surface area contributed by atoms with Crippen LogP contribution in [0.5, 0.6) is 0 Å². The Morgan fingerprint density at radius 2 is 2.30 bits per heavy atom. The first kappa shape index (κ1) is 14.1. The zero-order valence-electron chi connectivity index (χ0n) is 12.9. The van der Waals surface area contributed by atoms with Crippen molar-refractivity contribution in [2.45, 2.75) is 38.3 Å². The van der Waals surface area contributed by atoms with Gasteiger partial charge in [-0.1, -0.05) is 18.2 Å². The molecule has 23 heavy (non-hydrogen) atoms. The molecular formula is C18H19N3O2. The van der Waals surface area contributed by atoms with Crippen LogP contribution in [0.15, 0.2) is 47.1 Å². The van der Waals surface area contributed by atoms with E-state index in [9.17, 15) is 4.79 Å². The third-order valence-corrected chi connectivity index (χ3v) is 4.38. The molecule has 0 unspecified atom stereocenters. The quantitative estimate of drug-likeness (QED) is 0.806. The molecule has 0 saturated carbocycles. The first-order chi connectivity index (χ1) is 11.3. The van der Waals surface area contributed by atoms with Crippen LogP contribution in [-0.2, 0) is 24.2 Å². The Morgan fingerprint density at radius 1 is 1.39 bits per heavy atom. The summed E-state index contributed by atoms with van der Waals surface area (Å²) in [7, 11) is 0. The summed E-state index contributed by atoms with van der Waals surface area (Å²) in [5.41, 5.74) is 0.878. The molecule has 2 aromatic heterocycles.